The van der Waals surface area contributed by atoms with Crippen molar-refractivity contribution in [1.29, 1.82) is 0 Å². The average Bonchev–Trinajstić information content (AvgIpc) is 3.19. The highest BCUT2D eigenvalue weighted by Crippen LogP contribution is 2.21. The molecule has 0 N–H and O–H groups in total. The Bertz CT molecular complexity index is 1190. The smallest absolute Gasteiger partial charge is 0.363 e. The van der Waals surface area contributed by atoms with Crippen molar-refractivity contribution in [1.82, 2.24) is 0 Å². The van der Waals surface area contributed by atoms with Gasteiger partial charge in [0.15, 0.2) is 5.70 Å². The van der Waals surface area contributed by atoms with Crippen molar-refractivity contribution in [3.63, 3.8) is 0 Å². The lowest BCUT2D eigenvalue weighted by Gasteiger charge is -2.07. The molecule has 0 bridgehead atoms. The number of benzene rings is 3. The van der Waals surface area contributed by atoms with E-state index in [0.717, 1.165) is 22.3 Å². The zero-order valence-corrected chi connectivity index (χ0v) is 17.7. The second-order valence-corrected chi connectivity index (χ2v) is 7.25. The van der Waals surface area contributed by atoms with E-state index >= 15 is 0 Å². The van der Waals surface area contributed by atoms with E-state index < -0.39 is 5.97 Å². The molecule has 0 saturated carbocycles. The Balaban J connectivity index is 1.40. The van der Waals surface area contributed by atoms with Gasteiger partial charge in [0.1, 0.15) is 12.4 Å². The Morgan fingerprint density at radius 2 is 1.66 bits per heavy atom. The number of carbonyl (C=O) groups is 2. The van der Waals surface area contributed by atoms with Crippen LogP contribution in [-0.2, 0) is 20.9 Å². The van der Waals surface area contributed by atoms with Gasteiger partial charge >= 0.3 is 11.9 Å². The molecule has 0 atom stereocenters. The summed E-state index contributed by atoms with van der Waals surface area (Å²) in [5.74, 6) is 0.140. The molecule has 0 amide bonds. The molecule has 6 heteroatoms. The van der Waals surface area contributed by atoms with Crippen molar-refractivity contribution < 1.29 is 23.8 Å². The van der Waals surface area contributed by atoms with Crippen LogP contribution >= 0.6 is 0 Å². The van der Waals surface area contributed by atoms with Crippen LogP contribution in [0.25, 0.3) is 6.08 Å². The number of cyclic esters (lactones) is 1. The van der Waals surface area contributed by atoms with Gasteiger partial charge in [0.2, 0.25) is 5.90 Å². The van der Waals surface area contributed by atoms with Crippen LogP contribution in [0.15, 0.2) is 83.5 Å². The maximum atomic E-state index is 12.2. The van der Waals surface area contributed by atoms with Gasteiger partial charge in [-0.3, -0.25) is 0 Å². The van der Waals surface area contributed by atoms with Crippen molar-refractivity contribution in [2.75, 3.05) is 7.11 Å². The van der Waals surface area contributed by atoms with Crippen molar-refractivity contribution in [2.45, 2.75) is 13.5 Å². The zero-order chi connectivity index (χ0) is 22.5. The van der Waals surface area contributed by atoms with E-state index in [1.165, 1.54) is 7.11 Å². The average molecular weight is 427 g/mol. The van der Waals surface area contributed by atoms with Crippen LogP contribution in [-0.4, -0.2) is 24.9 Å². The van der Waals surface area contributed by atoms with Crippen LogP contribution < -0.4 is 4.74 Å². The summed E-state index contributed by atoms with van der Waals surface area (Å²) in [6.07, 6.45) is 1.68. The van der Waals surface area contributed by atoms with E-state index in [2.05, 4.69) is 4.99 Å². The number of hydrogen-bond acceptors (Lipinski definition) is 6. The fourth-order valence-electron chi connectivity index (χ4n) is 3.07. The molecule has 0 unspecified atom stereocenters. The molecule has 0 radical (unpaired) electrons. The van der Waals surface area contributed by atoms with E-state index in [4.69, 9.17) is 14.2 Å². The fourth-order valence-corrected chi connectivity index (χ4v) is 3.07. The summed E-state index contributed by atoms with van der Waals surface area (Å²) in [5, 5.41) is 0. The molecule has 1 heterocycles. The number of ether oxygens (including phenoxy) is 3. The van der Waals surface area contributed by atoms with Crippen LogP contribution in [0, 0.1) is 6.92 Å². The number of methoxy groups -OCH3 is 1. The largest absolute Gasteiger partial charge is 0.489 e. The minimum absolute atomic E-state index is 0.250. The predicted molar refractivity (Wildman–Crippen MR) is 120 cm³/mol. The minimum atomic E-state index is -0.476. The second-order valence-electron chi connectivity index (χ2n) is 7.25. The molecular weight excluding hydrogens is 406 g/mol. The predicted octanol–water partition coefficient (Wildman–Crippen LogP) is 4.71. The molecule has 0 fully saturated rings. The van der Waals surface area contributed by atoms with E-state index in [1.54, 1.807) is 18.2 Å². The summed E-state index contributed by atoms with van der Waals surface area (Å²) in [6, 6.07) is 22.0. The van der Waals surface area contributed by atoms with Crippen LogP contribution in [0.3, 0.4) is 0 Å². The summed E-state index contributed by atoms with van der Waals surface area (Å²) < 4.78 is 15.8. The first-order valence-electron chi connectivity index (χ1n) is 10.0. The summed E-state index contributed by atoms with van der Waals surface area (Å²) >= 11 is 0. The van der Waals surface area contributed by atoms with Crippen LogP contribution in [0.5, 0.6) is 5.75 Å². The first-order chi connectivity index (χ1) is 15.5. The molecule has 3 aromatic carbocycles. The summed E-state index contributed by atoms with van der Waals surface area (Å²) in [6.45, 7) is 2.35. The molecular formula is C26H21NO5. The number of aryl methyl sites for hydroxylation is 1. The molecule has 3 aromatic rings. The van der Waals surface area contributed by atoms with Crippen LogP contribution in [0.1, 0.15) is 32.6 Å². The van der Waals surface area contributed by atoms with Crippen molar-refractivity contribution in [2.24, 2.45) is 4.99 Å². The van der Waals surface area contributed by atoms with Crippen molar-refractivity contribution in [3.8, 4) is 5.75 Å². The molecule has 0 aliphatic carbocycles. The Labute approximate surface area is 185 Å². The standard InChI is InChI=1S/C26H21NO5/c1-17-3-9-20(10-4-17)24-27-23(26(29)32-24)15-18-7-13-22(14-8-18)31-16-19-5-11-21(12-6-19)25(28)30-2/h3-15H,16H2,1-2H3/b23-15-. The third kappa shape index (κ3) is 4.92. The molecule has 4 rings (SSSR count). The molecule has 0 aromatic heterocycles. The van der Waals surface area contributed by atoms with Crippen LogP contribution in [0.2, 0.25) is 0 Å². The van der Waals surface area contributed by atoms with Gasteiger partial charge in [-0.25, -0.2) is 14.6 Å². The molecule has 0 saturated heterocycles. The van der Waals surface area contributed by atoms with Gasteiger partial charge in [0.05, 0.1) is 12.7 Å². The molecule has 1 aliphatic heterocycles. The van der Waals surface area contributed by atoms with Gasteiger partial charge in [-0.05, 0) is 60.5 Å². The Kier molecular flexibility index (Phi) is 6.12. The normalized spacial score (nSPS) is 14.1. The van der Waals surface area contributed by atoms with Crippen molar-refractivity contribution in [3.05, 3.63) is 106 Å². The third-order valence-corrected chi connectivity index (χ3v) is 4.88. The molecule has 6 nitrogen and oxygen atoms in total. The van der Waals surface area contributed by atoms with Gasteiger partial charge < -0.3 is 14.2 Å². The molecule has 0 spiro atoms. The Morgan fingerprint density at radius 1 is 0.969 bits per heavy atom. The van der Waals surface area contributed by atoms with Crippen molar-refractivity contribution >= 4 is 23.9 Å². The van der Waals surface area contributed by atoms with Gasteiger partial charge in [0.25, 0.3) is 0 Å². The molecule has 32 heavy (non-hydrogen) atoms. The fraction of sp³-hybridized carbons (Fsp3) is 0.115. The highest BCUT2D eigenvalue weighted by atomic mass is 16.6. The van der Waals surface area contributed by atoms with Crippen LogP contribution in [0.4, 0.5) is 0 Å². The first-order valence-corrected chi connectivity index (χ1v) is 10.0. The topological polar surface area (TPSA) is 74.2 Å². The number of nitrogens with zero attached hydrogens (tertiary/aromatic N) is 1. The van der Waals surface area contributed by atoms with Gasteiger partial charge in [-0.15, -0.1) is 0 Å². The lowest BCUT2D eigenvalue weighted by molar-refractivity contribution is -0.129. The maximum absolute atomic E-state index is 12.2. The van der Waals surface area contributed by atoms with E-state index in [1.807, 2.05) is 67.6 Å². The first kappa shape index (κ1) is 21.1. The Hall–Kier alpha value is -4.19. The third-order valence-electron chi connectivity index (χ3n) is 4.88. The summed E-state index contributed by atoms with van der Waals surface area (Å²) in [5.41, 5.74) is 4.36. The number of rotatable bonds is 6. The summed E-state index contributed by atoms with van der Waals surface area (Å²) in [7, 11) is 1.35. The van der Waals surface area contributed by atoms with Gasteiger partial charge in [-0.1, -0.05) is 42.0 Å². The number of hydrogen-bond donors (Lipinski definition) is 0. The zero-order valence-electron chi connectivity index (χ0n) is 17.7. The van der Waals surface area contributed by atoms with E-state index in [-0.39, 0.29) is 11.7 Å². The monoisotopic (exact) mass is 427 g/mol. The minimum Gasteiger partial charge on any atom is -0.489 e. The van der Waals surface area contributed by atoms with E-state index in [9.17, 15) is 9.59 Å². The molecule has 160 valence electrons. The maximum Gasteiger partial charge on any atom is 0.363 e. The number of esters is 2. The Morgan fingerprint density at radius 3 is 2.31 bits per heavy atom. The SMILES string of the molecule is COC(=O)c1ccc(COc2ccc(/C=C3\N=C(c4ccc(C)cc4)OC3=O)cc2)cc1. The second kappa shape index (κ2) is 9.31. The highest BCUT2D eigenvalue weighted by Gasteiger charge is 2.24. The highest BCUT2D eigenvalue weighted by molar-refractivity contribution is 6.12. The lowest BCUT2D eigenvalue weighted by atomic mass is 10.1. The quantitative estimate of drug-likeness (QED) is 0.421. The number of carbonyl (C=O) groups excluding carboxylic acids is 2. The number of aliphatic imine (C=N–C) groups is 1. The molecule has 1 aliphatic rings. The van der Waals surface area contributed by atoms with Gasteiger partial charge in [0, 0.05) is 5.56 Å². The van der Waals surface area contributed by atoms with Gasteiger partial charge in [-0.2, -0.15) is 0 Å². The lowest BCUT2D eigenvalue weighted by Crippen LogP contribution is -2.05. The summed E-state index contributed by atoms with van der Waals surface area (Å²) in [4.78, 5) is 28.0. The van der Waals surface area contributed by atoms with E-state index in [0.29, 0.717) is 23.8 Å².